The van der Waals surface area contributed by atoms with Crippen molar-refractivity contribution in [2.24, 2.45) is 0 Å². The van der Waals surface area contributed by atoms with Gasteiger partial charge in [0, 0.05) is 16.6 Å². The smallest absolute Gasteiger partial charge is 0.186 e. The number of halogens is 3. The summed E-state index contributed by atoms with van der Waals surface area (Å²) in [6.07, 6.45) is 0. The minimum absolute atomic E-state index is 0.198. The third kappa shape index (κ3) is 3.04. The molecule has 19 heavy (non-hydrogen) atoms. The zero-order chi connectivity index (χ0) is 14.0. The van der Waals surface area contributed by atoms with Crippen LogP contribution in [0.5, 0.6) is 0 Å². The number of hydrogen-bond acceptors (Lipinski definition) is 3. The van der Waals surface area contributed by atoms with Crippen molar-refractivity contribution < 1.29 is 4.39 Å². The summed E-state index contributed by atoms with van der Waals surface area (Å²) in [4.78, 5) is 8.34. The van der Waals surface area contributed by atoms with E-state index < -0.39 is 5.82 Å². The van der Waals surface area contributed by atoms with Crippen molar-refractivity contribution in [2.45, 2.75) is 13.8 Å². The molecule has 0 bridgehead atoms. The maximum atomic E-state index is 13.8. The summed E-state index contributed by atoms with van der Waals surface area (Å²) in [7, 11) is 0. The summed E-state index contributed by atoms with van der Waals surface area (Å²) in [5.74, 6) is 0.176. The van der Waals surface area contributed by atoms with Crippen LogP contribution < -0.4 is 5.32 Å². The summed E-state index contributed by atoms with van der Waals surface area (Å²) in [5, 5.41) is 3.40. The molecule has 0 amide bonds. The molecule has 0 saturated heterocycles. The van der Waals surface area contributed by atoms with Crippen molar-refractivity contribution >= 4 is 33.3 Å². The monoisotopic (exact) mass is 343 g/mol. The molecule has 2 rings (SSSR count). The normalized spacial score (nSPS) is 10.6. The summed E-state index contributed by atoms with van der Waals surface area (Å²) < 4.78 is 14.7. The standard InChI is InChI=1S/C13H12BrClFN3/c1-3-17-13-11(16)7(2)18-12(19-13)9-5-4-8(14)6-10(9)15/h4-6H,3H2,1-2H3,(H,17,18,19). The predicted octanol–water partition coefficient (Wildman–Crippen LogP) is 4.44. The Bertz CT molecular complexity index is 619. The minimum Gasteiger partial charge on any atom is -0.368 e. The van der Waals surface area contributed by atoms with E-state index in [1.54, 1.807) is 19.1 Å². The van der Waals surface area contributed by atoms with Gasteiger partial charge in [0.1, 0.15) is 0 Å². The van der Waals surface area contributed by atoms with Crippen LogP contribution >= 0.6 is 27.5 Å². The van der Waals surface area contributed by atoms with E-state index in [0.29, 0.717) is 28.6 Å². The van der Waals surface area contributed by atoms with Crippen molar-refractivity contribution in [2.75, 3.05) is 11.9 Å². The van der Waals surface area contributed by atoms with Gasteiger partial charge in [-0.3, -0.25) is 0 Å². The van der Waals surface area contributed by atoms with Gasteiger partial charge in [-0.25, -0.2) is 14.4 Å². The molecule has 0 aliphatic heterocycles. The lowest BCUT2D eigenvalue weighted by molar-refractivity contribution is 0.606. The van der Waals surface area contributed by atoms with E-state index in [9.17, 15) is 4.39 Å². The van der Waals surface area contributed by atoms with Gasteiger partial charge in [0.2, 0.25) is 0 Å². The number of benzene rings is 1. The lowest BCUT2D eigenvalue weighted by Gasteiger charge is -2.10. The molecular weight excluding hydrogens is 333 g/mol. The van der Waals surface area contributed by atoms with Crippen LogP contribution in [0.4, 0.5) is 10.2 Å². The average Bonchev–Trinajstić information content (AvgIpc) is 2.35. The first-order chi connectivity index (χ1) is 9.02. The summed E-state index contributed by atoms with van der Waals surface area (Å²) >= 11 is 9.50. The predicted molar refractivity (Wildman–Crippen MR) is 79.0 cm³/mol. The van der Waals surface area contributed by atoms with E-state index in [0.717, 1.165) is 4.47 Å². The van der Waals surface area contributed by atoms with Gasteiger partial charge in [-0.15, -0.1) is 0 Å². The Morgan fingerprint density at radius 2 is 2.11 bits per heavy atom. The molecule has 100 valence electrons. The highest BCUT2D eigenvalue weighted by Gasteiger charge is 2.14. The molecule has 0 aliphatic rings. The van der Waals surface area contributed by atoms with Crippen LogP contribution in [0.15, 0.2) is 22.7 Å². The quantitative estimate of drug-likeness (QED) is 0.894. The number of hydrogen-bond donors (Lipinski definition) is 1. The number of anilines is 1. The van der Waals surface area contributed by atoms with E-state index >= 15 is 0 Å². The van der Waals surface area contributed by atoms with Crippen LogP contribution in [0, 0.1) is 12.7 Å². The molecular formula is C13H12BrClFN3. The molecule has 0 radical (unpaired) electrons. The largest absolute Gasteiger partial charge is 0.368 e. The third-order valence-corrected chi connectivity index (χ3v) is 3.34. The maximum Gasteiger partial charge on any atom is 0.186 e. The van der Waals surface area contributed by atoms with Crippen LogP contribution in [-0.4, -0.2) is 16.5 Å². The Labute approximate surface area is 124 Å². The van der Waals surface area contributed by atoms with Gasteiger partial charge in [0.05, 0.1) is 10.7 Å². The molecule has 1 heterocycles. The lowest BCUT2D eigenvalue weighted by atomic mass is 10.2. The van der Waals surface area contributed by atoms with Gasteiger partial charge in [-0.2, -0.15) is 0 Å². The molecule has 6 heteroatoms. The second kappa shape index (κ2) is 5.84. The number of rotatable bonds is 3. The molecule has 0 aliphatic carbocycles. The lowest BCUT2D eigenvalue weighted by Crippen LogP contribution is -2.07. The second-order valence-corrected chi connectivity index (χ2v) is 5.27. The number of aromatic nitrogens is 2. The Morgan fingerprint density at radius 3 is 2.74 bits per heavy atom. The molecule has 3 nitrogen and oxygen atoms in total. The van der Waals surface area contributed by atoms with Crippen LogP contribution in [0.2, 0.25) is 5.02 Å². The number of nitrogens with one attached hydrogen (secondary N) is 1. The van der Waals surface area contributed by atoms with Gasteiger partial charge in [-0.05, 0) is 32.0 Å². The molecule has 1 N–H and O–H groups in total. The maximum absolute atomic E-state index is 13.8. The van der Waals surface area contributed by atoms with Crippen molar-refractivity contribution in [3.63, 3.8) is 0 Å². The average molecular weight is 345 g/mol. The van der Waals surface area contributed by atoms with Crippen LogP contribution in [0.3, 0.4) is 0 Å². The highest BCUT2D eigenvalue weighted by molar-refractivity contribution is 9.10. The molecule has 0 spiro atoms. The fourth-order valence-corrected chi connectivity index (χ4v) is 2.39. The highest BCUT2D eigenvalue weighted by atomic mass is 79.9. The molecule has 0 fully saturated rings. The Hall–Kier alpha value is -1.20. The number of nitrogens with zero attached hydrogens (tertiary/aromatic N) is 2. The van der Waals surface area contributed by atoms with Gasteiger partial charge in [-0.1, -0.05) is 27.5 Å². The Balaban J connectivity index is 2.56. The first-order valence-electron chi connectivity index (χ1n) is 5.76. The van der Waals surface area contributed by atoms with Crippen LogP contribution in [-0.2, 0) is 0 Å². The molecule has 0 atom stereocenters. The van der Waals surface area contributed by atoms with Crippen molar-refractivity contribution in [3.05, 3.63) is 39.2 Å². The Morgan fingerprint density at radius 1 is 1.37 bits per heavy atom. The zero-order valence-electron chi connectivity index (χ0n) is 10.5. The molecule has 1 aromatic heterocycles. The first-order valence-corrected chi connectivity index (χ1v) is 6.93. The van der Waals surface area contributed by atoms with E-state index in [1.807, 2.05) is 13.0 Å². The van der Waals surface area contributed by atoms with Crippen LogP contribution in [0.25, 0.3) is 11.4 Å². The summed E-state index contributed by atoms with van der Waals surface area (Å²) in [6, 6.07) is 5.40. The van der Waals surface area contributed by atoms with Gasteiger partial charge < -0.3 is 5.32 Å². The molecule has 1 aromatic carbocycles. The van der Waals surface area contributed by atoms with Gasteiger partial charge in [0.25, 0.3) is 0 Å². The van der Waals surface area contributed by atoms with E-state index in [2.05, 4.69) is 31.2 Å². The third-order valence-electron chi connectivity index (χ3n) is 2.53. The fraction of sp³-hybridized carbons (Fsp3) is 0.231. The first kappa shape index (κ1) is 14.2. The van der Waals surface area contributed by atoms with E-state index in [4.69, 9.17) is 11.6 Å². The fourth-order valence-electron chi connectivity index (χ4n) is 1.64. The molecule has 2 aromatic rings. The van der Waals surface area contributed by atoms with Gasteiger partial charge in [0.15, 0.2) is 17.5 Å². The summed E-state index contributed by atoms with van der Waals surface area (Å²) in [6.45, 7) is 4.07. The van der Waals surface area contributed by atoms with Crippen molar-refractivity contribution in [1.29, 1.82) is 0 Å². The SMILES string of the molecule is CCNc1nc(-c2ccc(Br)cc2Cl)nc(C)c1F. The minimum atomic E-state index is -0.432. The van der Waals surface area contributed by atoms with E-state index in [1.165, 1.54) is 0 Å². The summed E-state index contributed by atoms with van der Waals surface area (Å²) in [5.41, 5.74) is 0.965. The van der Waals surface area contributed by atoms with Crippen molar-refractivity contribution in [3.8, 4) is 11.4 Å². The Kier molecular flexibility index (Phi) is 4.37. The van der Waals surface area contributed by atoms with E-state index in [-0.39, 0.29) is 5.82 Å². The molecule has 0 saturated carbocycles. The van der Waals surface area contributed by atoms with Crippen LogP contribution in [0.1, 0.15) is 12.6 Å². The van der Waals surface area contributed by atoms with Crippen molar-refractivity contribution in [1.82, 2.24) is 9.97 Å². The van der Waals surface area contributed by atoms with Gasteiger partial charge >= 0.3 is 0 Å². The topological polar surface area (TPSA) is 37.8 Å². The second-order valence-electron chi connectivity index (χ2n) is 3.95. The zero-order valence-corrected chi connectivity index (χ0v) is 12.8. The number of aryl methyl sites for hydroxylation is 1. The highest BCUT2D eigenvalue weighted by Crippen LogP contribution is 2.29. The molecule has 0 unspecified atom stereocenters.